The standard InChI is InChI=1S/C28H35N5O5S/c1-18-4-6-21(7-5-18)25-30-26(35)28(31-25)10-13-32(14-11-28)39(37,38)15-9-23-19(2)16-22(17-20(23)3)33-12-8-24(34)29-27(33)36/h8-9,12,15-18,21H,4-7,10-11,13-14H2,1-3H3,(H,29,34,36)(H,30,31,35). The first-order valence-electron chi connectivity index (χ1n) is 13.5. The molecule has 2 aromatic rings. The number of sulfonamides is 1. The maximum Gasteiger partial charge on any atom is 0.332 e. The van der Waals surface area contributed by atoms with Gasteiger partial charge in [0.05, 0.1) is 5.69 Å². The van der Waals surface area contributed by atoms with Crippen molar-refractivity contribution < 1.29 is 13.2 Å². The van der Waals surface area contributed by atoms with E-state index in [1.807, 2.05) is 13.8 Å². The summed E-state index contributed by atoms with van der Waals surface area (Å²) in [4.78, 5) is 43.6. The Bertz CT molecular complexity index is 1550. The molecule has 2 fully saturated rings. The van der Waals surface area contributed by atoms with E-state index in [9.17, 15) is 22.8 Å². The third-order valence-electron chi connectivity index (χ3n) is 8.40. The van der Waals surface area contributed by atoms with E-state index in [1.54, 1.807) is 18.2 Å². The number of amidine groups is 1. The SMILES string of the molecule is Cc1cc(-n2ccc(=O)[nH]c2=O)cc(C)c1C=CS(=O)(=O)N1CCC2(CC1)N=C(C1CCC(C)CC1)NC2=O. The molecule has 10 nitrogen and oxygen atoms in total. The van der Waals surface area contributed by atoms with Crippen molar-refractivity contribution in [1.82, 2.24) is 19.2 Å². The van der Waals surface area contributed by atoms with Crippen molar-refractivity contribution >= 4 is 27.8 Å². The molecule has 3 aliphatic rings. The zero-order valence-electron chi connectivity index (χ0n) is 22.6. The van der Waals surface area contributed by atoms with Crippen molar-refractivity contribution in [2.45, 2.75) is 64.8 Å². The van der Waals surface area contributed by atoms with Gasteiger partial charge in [-0.3, -0.25) is 24.1 Å². The average Bonchev–Trinajstić information content (AvgIpc) is 3.19. The Labute approximate surface area is 227 Å². The number of aryl methyl sites for hydroxylation is 2. The second kappa shape index (κ2) is 10.3. The fourth-order valence-electron chi connectivity index (χ4n) is 5.93. The van der Waals surface area contributed by atoms with Crippen molar-refractivity contribution in [3.8, 4) is 5.69 Å². The van der Waals surface area contributed by atoms with E-state index in [0.717, 1.165) is 48.2 Å². The van der Waals surface area contributed by atoms with Crippen LogP contribution in [0.25, 0.3) is 11.8 Å². The average molecular weight is 554 g/mol. The third kappa shape index (κ3) is 5.42. The van der Waals surface area contributed by atoms with Crippen LogP contribution in [0.5, 0.6) is 0 Å². The zero-order chi connectivity index (χ0) is 27.9. The molecule has 11 heteroatoms. The summed E-state index contributed by atoms with van der Waals surface area (Å²) in [5.41, 5.74) is 0.998. The summed E-state index contributed by atoms with van der Waals surface area (Å²) in [5, 5.41) is 4.23. The maximum atomic E-state index is 13.2. The summed E-state index contributed by atoms with van der Waals surface area (Å²) in [6.07, 6.45) is 8.04. The first-order valence-corrected chi connectivity index (χ1v) is 15.0. The highest BCUT2D eigenvalue weighted by atomic mass is 32.2. The number of carbonyl (C=O) groups is 1. The van der Waals surface area contributed by atoms with Gasteiger partial charge in [0, 0.05) is 36.7 Å². The lowest BCUT2D eigenvalue weighted by Crippen LogP contribution is -2.50. The smallest absolute Gasteiger partial charge is 0.312 e. The monoisotopic (exact) mass is 553 g/mol. The summed E-state index contributed by atoms with van der Waals surface area (Å²) in [6, 6.07) is 4.81. The van der Waals surface area contributed by atoms with E-state index < -0.39 is 26.8 Å². The Kier molecular flexibility index (Phi) is 7.23. The largest absolute Gasteiger partial charge is 0.332 e. The van der Waals surface area contributed by atoms with Crippen molar-refractivity contribution in [3.63, 3.8) is 0 Å². The Hall–Kier alpha value is -3.31. The normalized spacial score (nSPS) is 23.8. The number of H-pyrrole nitrogens is 1. The van der Waals surface area contributed by atoms with Crippen LogP contribution >= 0.6 is 0 Å². The van der Waals surface area contributed by atoms with Crippen LogP contribution in [0.15, 0.2) is 44.4 Å². The van der Waals surface area contributed by atoms with E-state index >= 15 is 0 Å². The molecular weight excluding hydrogens is 518 g/mol. The molecule has 3 heterocycles. The van der Waals surface area contributed by atoms with Gasteiger partial charge in [-0.15, -0.1) is 0 Å². The van der Waals surface area contributed by atoms with Crippen molar-refractivity contribution in [2.75, 3.05) is 13.1 Å². The van der Waals surface area contributed by atoms with Crippen molar-refractivity contribution in [3.05, 3.63) is 67.3 Å². The van der Waals surface area contributed by atoms with Gasteiger partial charge in [0.2, 0.25) is 10.0 Å². The van der Waals surface area contributed by atoms with Gasteiger partial charge in [0.1, 0.15) is 11.4 Å². The lowest BCUT2D eigenvalue weighted by atomic mass is 9.82. The number of nitrogens with zero attached hydrogens (tertiary/aromatic N) is 3. The molecule has 1 spiro atoms. The van der Waals surface area contributed by atoms with Gasteiger partial charge in [-0.2, -0.15) is 4.31 Å². The summed E-state index contributed by atoms with van der Waals surface area (Å²) in [5.74, 6) is 1.69. The van der Waals surface area contributed by atoms with Gasteiger partial charge in [0.15, 0.2) is 0 Å². The Morgan fingerprint density at radius 2 is 1.67 bits per heavy atom. The minimum Gasteiger partial charge on any atom is -0.312 e. The number of benzene rings is 1. The molecule has 2 N–H and O–H groups in total. The molecule has 1 saturated carbocycles. The summed E-state index contributed by atoms with van der Waals surface area (Å²) < 4.78 is 29.1. The molecular formula is C28H35N5O5S. The van der Waals surface area contributed by atoms with E-state index in [0.29, 0.717) is 24.4 Å². The van der Waals surface area contributed by atoms with E-state index in [1.165, 1.54) is 26.5 Å². The van der Waals surface area contributed by atoms with Crippen LogP contribution in [0.1, 0.15) is 62.1 Å². The molecule has 0 unspecified atom stereocenters. The number of aromatic amines is 1. The zero-order valence-corrected chi connectivity index (χ0v) is 23.4. The highest BCUT2D eigenvalue weighted by Crippen LogP contribution is 2.36. The van der Waals surface area contributed by atoms with Gasteiger partial charge < -0.3 is 5.32 Å². The van der Waals surface area contributed by atoms with Gasteiger partial charge in [-0.05, 0) is 80.3 Å². The third-order valence-corrected chi connectivity index (χ3v) is 9.96. The fourth-order valence-corrected chi connectivity index (χ4v) is 7.10. The van der Waals surface area contributed by atoms with Crippen LogP contribution in [0.2, 0.25) is 0 Å². The van der Waals surface area contributed by atoms with E-state index in [4.69, 9.17) is 4.99 Å². The summed E-state index contributed by atoms with van der Waals surface area (Å²) in [6.45, 7) is 6.39. The van der Waals surface area contributed by atoms with Crippen molar-refractivity contribution in [2.24, 2.45) is 16.8 Å². The number of carbonyl (C=O) groups excluding carboxylic acids is 1. The number of hydrogen-bond donors (Lipinski definition) is 2. The number of aromatic nitrogens is 2. The quantitative estimate of drug-likeness (QED) is 0.587. The maximum absolute atomic E-state index is 13.2. The van der Waals surface area contributed by atoms with Crippen LogP contribution < -0.4 is 16.6 Å². The van der Waals surface area contributed by atoms with Gasteiger partial charge in [0.25, 0.3) is 11.5 Å². The lowest BCUT2D eigenvalue weighted by molar-refractivity contribution is -0.125. The number of piperidine rings is 1. The topological polar surface area (TPSA) is 134 Å². The number of aliphatic imine (C=N–C) groups is 1. The van der Waals surface area contributed by atoms with Gasteiger partial charge in [-0.25, -0.2) is 13.2 Å². The molecule has 39 heavy (non-hydrogen) atoms. The molecule has 208 valence electrons. The van der Waals surface area contributed by atoms with Crippen LogP contribution in [0, 0.1) is 25.7 Å². The molecule has 0 bridgehead atoms. The molecule has 1 aromatic carbocycles. The van der Waals surface area contributed by atoms with Crippen LogP contribution in [-0.2, 0) is 14.8 Å². The minimum atomic E-state index is -3.71. The molecule has 5 rings (SSSR count). The second-order valence-corrected chi connectivity index (χ2v) is 13.0. The predicted molar refractivity (Wildman–Crippen MR) is 150 cm³/mol. The summed E-state index contributed by atoms with van der Waals surface area (Å²) in [7, 11) is -3.71. The van der Waals surface area contributed by atoms with E-state index in [-0.39, 0.29) is 24.9 Å². The molecule has 1 aliphatic carbocycles. The van der Waals surface area contributed by atoms with Crippen LogP contribution in [0.4, 0.5) is 0 Å². The minimum absolute atomic E-state index is 0.100. The number of nitrogens with one attached hydrogen (secondary N) is 2. The highest BCUT2D eigenvalue weighted by molar-refractivity contribution is 7.92. The molecule has 1 amide bonds. The Morgan fingerprint density at radius 3 is 2.28 bits per heavy atom. The number of hydrogen-bond acceptors (Lipinski definition) is 6. The van der Waals surface area contributed by atoms with Crippen LogP contribution in [-0.4, -0.2) is 52.6 Å². The number of amides is 1. The first-order chi connectivity index (χ1) is 18.5. The predicted octanol–water partition coefficient (Wildman–Crippen LogP) is 2.63. The number of rotatable bonds is 5. The van der Waals surface area contributed by atoms with Crippen molar-refractivity contribution in [1.29, 1.82) is 0 Å². The Balaban J connectivity index is 1.29. The first kappa shape index (κ1) is 27.3. The van der Waals surface area contributed by atoms with E-state index in [2.05, 4.69) is 17.2 Å². The molecule has 2 aliphatic heterocycles. The van der Waals surface area contributed by atoms with Gasteiger partial charge >= 0.3 is 5.69 Å². The van der Waals surface area contributed by atoms with Gasteiger partial charge in [-0.1, -0.05) is 19.8 Å². The summed E-state index contributed by atoms with van der Waals surface area (Å²) >= 11 is 0. The highest BCUT2D eigenvalue weighted by Gasteiger charge is 2.48. The lowest BCUT2D eigenvalue weighted by Gasteiger charge is -2.34. The molecule has 1 saturated heterocycles. The Morgan fingerprint density at radius 1 is 1.03 bits per heavy atom. The molecule has 0 radical (unpaired) electrons. The second-order valence-electron chi connectivity index (χ2n) is 11.2. The van der Waals surface area contributed by atoms with Crippen LogP contribution in [0.3, 0.4) is 0 Å². The molecule has 0 atom stereocenters. The molecule has 1 aromatic heterocycles. The fraction of sp³-hybridized carbons (Fsp3) is 0.500.